The van der Waals surface area contributed by atoms with E-state index < -0.39 is 11.7 Å². The van der Waals surface area contributed by atoms with Crippen LogP contribution in [0.1, 0.15) is 10.5 Å². The molecule has 0 radical (unpaired) electrons. The number of pyridine rings is 1. The Morgan fingerprint density at radius 1 is 1.33 bits per heavy atom. The van der Waals surface area contributed by atoms with Crippen LogP contribution in [0.5, 0.6) is 0 Å². The van der Waals surface area contributed by atoms with Crippen LogP contribution in [0.3, 0.4) is 0 Å². The maximum atomic E-state index is 13.5. The second-order valence-corrected chi connectivity index (χ2v) is 4.80. The number of imidazole rings is 1. The van der Waals surface area contributed by atoms with E-state index in [1.54, 1.807) is 0 Å². The number of nitrogens with one attached hydrogen (secondary N) is 1. The van der Waals surface area contributed by atoms with Crippen molar-refractivity contribution in [3.8, 4) is 0 Å². The molecule has 0 saturated heterocycles. The largest absolute Gasteiger partial charge is 0.318 e. The van der Waals surface area contributed by atoms with Crippen LogP contribution in [0.4, 0.5) is 10.1 Å². The average Bonchev–Trinajstić information content (AvgIpc) is 2.85. The standard InChI is InChI=1S/C12H6Cl2FN5O/c13-6-3-10(14)19-20-9(5-17-11(6)20)12(21)18-8-1-2-16-4-7(8)15/h1-5H,(H,16,18,21). The maximum absolute atomic E-state index is 13.5. The van der Waals surface area contributed by atoms with Crippen LogP contribution in [-0.4, -0.2) is 25.5 Å². The first-order valence-corrected chi connectivity index (χ1v) is 6.42. The van der Waals surface area contributed by atoms with Crippen molar-refractivity contribution in [2.24, 2.45) is 0 Å². The molecule has 3 aromatic rings. The predicted molar refractivity (Wildman–Crippen MR) is 75.2 cm³/mol. The van der Waals surface area contributed by atoms with Crippen LogP contribution in [0, 0.1) is 5.82 Å². The first-order chi connectivity index (χ1) is 10.1. The number of halogens is 3. The van der Waals surface area contributed by atoms with E-state index in [0.717, 1.165) is 6.20 Å². The lowest BCUT2D eigenvalue weighted by molar-refractivity contribution is 0.102. The molecule has 1 amide bonds. The van der Waals surface area contributed by atoms with Crippen LogP contribution in [0.15, 0.2) is 30.7 Å². The topological polar surface area (TPSA) is 72.2 Å². The van der Waals surface area contributed by atoms with E-state index >= 15 is 0 Å². The summed E-state index contributed by atoms with van der Waals surface area (Å²) in [6.45, 7) is 0. The summed E-state index contributed by atoms with van der Waals surface area (Å²) in [6.07, 6.45) is 3.63. The van der Waals surface area contributed by atoms with Gasteiger partial charge in [0, 0.05) is 6.20 Å². The fourth-order valence-electron chi connectivity index (χ4n) is 1.72. The van der Waals surface area contributed by atoms with Gasteiger partial charge in [0.25, 0.3) is 5.91 Å². The van der Waals surface area contributed by atoms with Crippen molar-refractivity contribution in [1.29, 1.82) is 0 Å². The van der Waals surface area contributed by atoms with Crippen molar-refractivity contribution in [1.82, 2.24) is 19.6 Å². The Morgan fingerprint density at radius 3 is 2.90 bits per heavy atom. The van der Waals surface area contributed by atoms with Crippen molar-refractivity contribution >= 4 is 40.4 Å². The van der Waals surface area contributed by atoms with E-state index in [1.807, 2.05) is 0 Å². The van der Waals surface area contributed by atoms with Crippen LogP contribution < -0.4 is 5.32 Å². The summed E-state index contributed by atoms with van der Waals surface area (Å²) in [5.41, 5.74) is 0.352. The zero-order valence-corrected chi connectivity index (χ0v) is 11.7. The molecule has 0 saturated carbocycles. The summed E-state index contributed by atoms with van der Waals surface area (Å²) in [5.74, 6) is -1.25. The first-order valence-electron chi connectivity index (χ1n) is 5.67. The van der Waals surface area contributed by atoms with Crippen LogP contribution in [0.25, 0.3) is 5.65 Å². The highest BCUT2D eigenvalue weighted by Gasteiger charge is 2.17. The number of hydrogen-bond acceptors (Lipinski definition) is 4. The zero-order valence-electron chi connectivity index (χ0n) is 10.2. The summed E-state index contributed by atoms with van der Waals surface area (Å²) >= 11 is 11.8. The first kappa shape index (κ1) is 13.7. The summed E-state index contributed by atoms with van der Waals surface area (Å²) < 4.78 is 14.7. The monoisotopic (exact) mass is 325 g/mol. The van der Waals surface area contributed by atoms with E-state index in [0.29, 0.717) is 0 Å². The van der Waals surface area contributed by atoms with Gasteiger partial charge >= 0.3 is 0 Å². The Balaban J connectivity index is 2.01. The van der Waals surface area contributed by atoms with Gasteiger partial charge in [-0.05, 0) is 12.1 Å². The molecule has 9 heteroatoms. The van der Waals surface area contributed by atoms with Crippen LogP contribution in [0.2, 0.25) is 10.2 Å². The minimum Gasteiger partial charge on any atom is -0.318 e. The van der Waals surface area contributed by atoms with Crippen molar-refractivity contribution in [3.63, 3.8) is 0 Å². The second kappa shape index (κ2) is 5.27. The molecule has 3 aromatic heterocycles. The normalized spacial score (nSPS) is 10.8. The number of carbonyl (C=O) groups is 1. The van der Waals surface area contributed by atoms with Crippen LogP contribution >= 0.6 is 23.2 Å². The lowest BCUT2D eigenvalue weighted by atomic mass is 10.3. The summed E-state index contributed by atoms with van der Waals surface area (Å²) in [6, 6.07) is 2.75. The fourth-order valence-corrected chi connectivity index (χ4v) is 2.19. The number of anilines is 1. The Morgan fingerprint density at radius 2 is 2.14 bits per heavy atom. The molecule has 1 N–H and O–H groups in total. The Hall–Kier alpha value is -2.25. The van der Waals surface area contributed by atoms with E-state index in [4.69, 9.17) is 23.2 Å². The summed E-state index contributed by atoms with van der Waals surface area (Å²) in [7, 11) is 0. The van der Waals surface area contributed by atoms with Gasteiger partial charge in [-0.2, -0.15) is 5.10 Å². The molecule has 0 spiro atoms. The molecule has 0 bridgehead atoms. The van der Waals surface area contributed by atoms with Gasteiger partial charge in [0.05, 0.1) is 23.1 Å². The van der Waals surface area contributed by atoms with Gasteiger partial charge in [-0.1, -0.05) is 23.2 Å². The highest BCUT2D eigenvalue weighted by atomic mass is 35.5. The number of fused-ring (bicyclic) bond motifs is 1. The number of carbonyl (C=O) groups excluding carboxylic acids is 1. The molecule has 0 aliphatic heterocycles. The third-order valence-corrected chi connectivity index (χ3v) is 3.11. The van der Waals surface area contributed by atoms with Gasteiger partial charge in [-0.25, -0.2) is 13.9 Å². The number of aromatic nitrogens is 4. The van der Waals surface area contributed by atoms with E-state index in [-0.39, 0.29) is 27.2 Å². The third-order valence-electron chi connectivity index (χ3n) is 2.65. The minimum absolute atomic E-state index is 0.00178. The van der Waals surface area contributed by atoms with Gasteiger partial charge in [0.1, 0.15) is 0 Å². The van der Waals surface area contributed by atoms with Gasteiger partial charge in [-0.15, -0.1) is 0 Å². The Labute approximate surface area is 127 Å². The number of amides is 1. The van der Waals surface area contributed by atoms with Gasteiger partial charge in [0.2, 0.25) is 0 Å². The van der Waals surface area contributed by atoms with Crippen molar-refractivity contribution in [3.05, 3.63) is 52.4 Å². The van der Waals surface area contributed by atoms with Gasteiger partial charge in [0.15, 0.2) is 22.3 Å². The van der Waals surface area contributed by atoms with Gasteiger partial charge in [-0.3, -0.25) is 9.78 Å². The molecule has 0 unspecified atom stereocenters. The summed E-state index contributed by atoms with van der Waals surface area (Å²) in [4.78, 5) is 19.8. The molecule has 0 aliphatic rings. The molecule has 3 rings (SSSR count). The molecular formula is C12H6Cl2FN5O. The maximum Gasteiger partial charge on any atom is 0.276 e. The predicted octanol–water partition coefficient (Wildman–Crippen LogP) is 2.82. The molecule has 106 valence electrons. The fraction of sp³-hybridized carbons (Fsp3) is 0. The molecule has 21 heavy (non-hydrogen) atoms. The lowest BCUT2D eigenvalue weighted by Gasteiger charge is -2.05. The van der Waals surface area contributed by atoms with Crippen LogP contribution in [-0.2, 0) is 0 Å². The SMILES string of the molecule is O=C(Nc1ccncc1F)c1cnc2c(Cl)cc(Cl)nn12. The smallest absolute Gasteiger partial charge is 0.276 e. The van der Waals surface area contributed by atoms with Crippen molar-refractivity contribution < 1.29 is 9.18 Å². The van der Waals surface area contributed by atoms with Gasteiger partial charge < -0.3 is 5.32 Å². The third kappa shape index (κ3) is 2.53. The second-order valence-electron chi connectivity index (χ2n) is 4.00. The summed E-state index contributed by atoms with van der Waals surface area (Å²) in [5, 5.41) is 6.71. The van der Waals surface area contributed by atoms with E-state index in [1.165, 1.54) is 29.0 Å². The lowest BCUT2D eigenvalue weighted by Crippen LogP contribution is -2.16. The molecule has 6 nitrogen and oxygen atoms in total. The molecule has 0 atom stereocenters. The van der Waals surface area contributed by atoms with Crippen molar-refractivity contribution in [2.45, 2.75) is 0 Å². The highest BCUT2D eigenvalue weighted by molar-refractivity contribution is 6.35. The number of rotatable bonds is 2. The molecular weight excluding hydrogens is 320 g/mol. The molecule has 0 aromatic carbocycles. The zero-order chi connectivity index (χ0) is 15.0. The highest BCUT2D eigenvalue weighted by Crippen LogP contribution is 2.20. The quantitative estimate of drug-likeness (QED) is 0.786. The number of nitrogens with zero attached hydrogens (tertiary/aromatic N) is 4. The molecule has 0 aliphatic carbocycles. The molecule has 3 heterocycles. The van der Waals surface area contributed by atoms with E-state index in [2.05, 4.69) is 20.4 Å². The van der Waals surface area contributed by atoms with E-state index in [9.17, 15) is 9.18 Å². The van der Waals surface area contributed by atoms with Crippen molar-refractivity contribution in [2.75, 3.05) is 5.32 Å². The average molecular weight is 326 g/mol. The number of hydrogen-bond donors (Lipinski definition) is 1. The molecule has 0 fully saturated rings. The Bertz CT molecular complexity index is 851. The Kier molecular flexibility index (Phi) is 3.44. The minimum atomic E-state index is -0.649.